The van der Waals surface area contributed by atoms with Crippen molar-refractivity contribution in [2.75, 3.05) is 0 Å². The first-order valence-electron chi connectivity index (χ1n) is 3.24. The Bertz CT molecular complexity index is 312. The first-order chi connectivity index (χ1) is 5.65. The minimum Gasteiger partial charge on any atom is -0.380 e. The summed E-state index contributed by atoms with van der Waals surface area (Å²) in [6.07, 6.45) is 0. The predicted octanol–water partition coefficient (Wildman–Crippen LogP) is 3.12. The van der Waals surface area contributed by atoms with Crippen LogP contribution in [-0.4, -0.2) is 5.97 Å². The smallest absolute Gasteiger partial charge is 0.349 e. The maximum absolute atomic E-state index is 11.0. The Morgan fingerprint density at radius 2 is 2.25 bits per heavy atom. The van der Waals surface area contributed by atoms with Crippen LogP contribution in [0, 0.1) is 6.92 Å². The van der Waals surface area contributed by atoms with Gasteiger partial charge in [0.15, 0.2) is 16.3 Å². The standard InChI is InChI=1S/C8H6BrClO2/c1-5-4-6(8(11)12-9)2-3-7(5)10/h2-4H,1H3. The van der Waals surface area contributed by atoms with Crippen molar-refractivity contribution in [3.05, 3.63) is 34.3 Å². The Labute approximate surface area is 83.9 Å². The molecule has 1 aromatic rings. The van der Waals surface area contributed by atoms with Gasteiger partial charge < -0.3 is 3.83 Å². The highest BCUT2D eigenvalue weighted by Crippen LogP contribution is 2.17. The molecule has 0 fully saturated rings. The van der Waals surface area contributed by atoms with E-state index in [1.54, 1.807) is 18.2 Å². The van der Waals surface area contributed by atoms with Gasteiger partial charge in [0.25, 0.3) is 0 Å². The Kier molecular flexibility index (Phi) is 3.12. The lowest BCUT2D eigenvalue weighted by molar-refractivity contribution is 0.0782. The zero-order chi connectivity index (χ0) is 9.14. The molecule has 0 radical (unpaired) electrons. The summed E-state index contributed by atoms with van der Waals surface area (Å²) >= 11 is 8.38. The number of carbonyl (C=O) groups excluding carboxylic acids is 1. The van der Waals surface area contributed by atoms with Gasteiger partial charge >= 0.3 is 5.97 Å². The van der Waals surface area contributed by atoms with E-state index >= 15 is 0 Å². The van der Waals surface area contributed by atoms with E-state index in [0.29, 0.717) is 10.6 Å². The maximum Gasteiger partial charge on any atom is 0.349 e. The number of benzene rings is 1. The highest BCUT2D eigenvalue weighted by Gasteiger charge is 2.06. The first-order valence-corrected chi connectivity index (χ1v) is 4.27. The molecule has 0 atom stereocenters. The molecule has 64 valence electrons. The molecule has 0 aliphatic heterocycles. The predicted molar refractivity (Wildman–Crippen MR) is 50.5 cm³/mol. The van der Waals surface area contributed by atoms with Gasteiger partial charge in [-0.05, 0) is 30.7 Å². The van der Waals surface area contributed by atoms with Crippen molar-refractivity contribution < 1.29 is 8.62 Å². The van der Waals surface area contributed by atoms with Crippen LogP contribution in [0.3, 0.4) is 0 Å². The van der Waals surface area contributed by atoms with E-state index in [4.69, 9.17) is 11.6 Å². The van der Waals surface area contributed by atoms with Gasteiger partial charge in [0.05, 0.1) is 5.56 Å². The maximum atomic E-state index is 11.0. The molecule has 4 heteroatoms. The molecule has 0 amide bonds. The van der Waals surface area contributed by atoms with Gasteiger partial charge in [-0.2, -0.15) is 0 Å². The highest BCUT2D eigenvalue weighted by atomic mass is 79.9. The van der Waals surface area contributed by atoms with E-state index in [1.807, 2.05) is 6.92 Å². The van der Waals surface area contributed by atoms with E-state index in [-0.39, 0.29) is 0 Å². The van der Waals surface area contributed by atoms with Gasteiger partial charge in [0, 0.05) is 5.02 Å². The van der Waals surface area contributed by atoms with Crippen LogP contribution in [0.5, 0.6) is 0 Å². The molecule has 0 aliphatic rings. The molecule has 0 N–H and O–H groups in total. The second kappa shape index (κ2) is 3.92. The lowest BCUT2D eigenvalue weighted by Gasteiger charge is -1.99. The molecule has 0 saturated carbocycles. The van der Waals surface area contributed by atoms with E-state index < -0.39 is 5.97 Å². The number of halogens is 2. The Hall–Kier alpha value is -0.540. The zero-order valence-corrected chi connectivity index (χ0v) is 8.65. The van der Waals surface area contributed by atoms with Crippen molar-refractivity contribution in [3.8, 4) is 0 Å². The molecule has 0 spiro atoms. The quantitative estimate of drug-likeness (QED) is 0.764. The summed E-state index contributed by atoms with van der Waals surface area (Å²) < 4.78 is 4.36. The van der Waals surface area contributed by atoms with E-state index in [9.17, 15) is 4.79 Å². The van der Waals surface area contributed by atoms with Gasteiger partial charge in [0.2, 0.25) is 0 Å². The number of rotatable bonds is 1. The average molecular weight is 249 g/mol. The molecular weight excluding hydrogens is 243 g/mol. The Morgan fingerprint density at radius 3 is 2.75 bits per heavy atom. The van der Waals surface area contributed by atoms with Crippen molar-refractivity contribution in [1.82, 2.24) is 0 Å². The van der Waals surface area contributed by atoms with Crippen molar-refractivity contribution in [2.45, 2.75) is 6.92 Å². The van der Waals surface area contributed by atoms with Crippen LogP contribution in [0.2, 0.25) is 5.02 Å². The fourth-order valence-corrected chi connectivity index (χ4v) is 1.12. The van der Waals surface area contributed by atoms with Gasteiger partial charge in [0.1, 0.15) is 0 Å². The minimum atomic E-state index is -0.422. The third-order valence-corrected chi connectivity index (χ3v) is 2.18. The van der Waals surface area contributed by atoms with Crippen LogP contribution < -0.4 is 0 Å². The molecule has 0 heterocycles. The Balaban J connectivity index is 3.05. The van der Waals surface area contributed by atoms with Crippen LogP contribution in [-0.2, 0) is 3.83 Å². The van der Waals surface area contributed by atoms with Gasteiger partial charge in [-0.1, -0.05) is 11.6 Å². The van der Waals surface area contributed by atoms with E-state index in [1.165, 1.54) is 0 Å². The van der Waals surface area contributed by atoms with Crippen molar-refractivity contribution in [2.24, 2.45) is 0 Å². The van der Waals surface area contributed by atoms with Crippen LogP contribution in [0.15, 0.2) is 18.2 Å². The van der Waals surface area contributed by atoms with Crippen LogP contribution >= 0.6 is 27.9 Å². The van der Waals surface area contributed by atoms with Crippen molar-refractivity contribution in [1.29, 1.82) is 0 Å². The summed E-state index contributed by atoms with van der Waals surface area (Å²) in [5.41, 5.74) is 1.33. The van der Waals surface area contributed by atoms with Crippen LogP contribution in [0.1, 0.15) is 15.9 Å². The summed E-state index contributed by atoms with van der Waals surface area (Å²) in [5, 5.41) is 0.640. The van der Waals surface area contributed by atoms with Crippen molar-refractivity contribution in [3.63, 3.8) is 0 Å². The molecule has 1 aromatic carbocycles. The molecule has 0 unspecified atom stereocenters. The summed E-state index contributed by atoms with van der Waals surface area (Å²) in [5.74, 6) is -0.422. The lowest BCUT2D eigenvalue weighted by atomic mass is 10.1. The lowest BCUT2D eigenvalue weighted by Crippen LogP contribution is -1.97. The summed E-state index contributed by atoms with van der Waals surface area (Å²) in [4.78, 5) is 11.0. The molecule has 0 saturated heterocycles. The summed E-state index contributed by atoms with van der Waals surface area (Å²) in [6.45, 7) is 1.83. The molecule has 0 aliphatic carbocycles. The van der Waals surface area contributed by atoms with E-state index in [2.05, 4.69) is 20.1 Å². The number of hydrogen-bond acceptors (Lipinski definition) is 2. The average Bonchev–Trinajstić information content (AvgIpc) is 2.08. The molecule has 1 rings (SSSR count). The molecule has 0 bridgehead atoms. The SMILES string of the molecule is Cc1cc(C(=O)OBr)ccc1Cl. The highest BCUT2D eigenvalue weighted by molar-refractivity contribution is 9.06. The molecule has 2 nitrogen and oxygen atoms in total. The minimum absolute atomic E-state index is 0.422. The van der Waals surface area contributed by atoms with Crippen LogP contribution in [0.25, 0.3) is 0 Å². The zero-order valence-electron chi connectivity index (χ0n) is 6.30. The fourth-order valence-electron chi connectivity index (χ4n) is 0.816. The fraction of sp³-hybridized carbons (Fsp3) is 0.125. The largest absolute Gasteiger partial charge is 0.380 e. The number of hydrogen-bond donors (Lipinski definition) is 0. The van der Waals surface area contributed by atoms with E-state index in [0.717, 1.165) is 5.56 Å². The van der Waals surface area contributed by atoms with Gasteiger partial charge in [-0.3, -0.25) is 0 Å². The third-order valence-electron chi connectivity index (χ3n) is 1.46. The first kappa shape index (κ1) is 9.55. The number of carbonyl (C=O) groups is 1. The Morgan fingerprint density at radius 1 is 1.58 bits per heavy atom. The normalized spacial score (nSPS) is 9.58. The van der Waals surface area contributed by atoms with Gasteiger partial charge in [-0.15, -0.1) is 0 Å². The topological polar surface area (TPSA) is 26.3 Å². The second-order valence-corrected chi connectivity index (χ2v) is 3.06. The monoisotopic (exact) mass is 248 g/mol. The summed E-state index contributed by atoms with van der Waals surface area (Å²) in [6, 6.07) is 4.95. The van der Waals surface area contributed by atoms with Gasteiger partial charge in [-0.25, -0.2) is 4.79 Å². The molecule has 0 aromatic heterocycles. The second-order valence-electron chi connectivity index (χ2n) is 2.33. The molecule has 12 heavy (non-hydrogen) atoms. The molecular formula is C8H6BrClO2. The third kappa shape index (κ3) is 1.99. The van der Waals surface area contributed by atoms with Crippen molar-refractivity contribution >= 4 is 33.8 Å². The summed E-state index contributed by atoms with van der Waals surface area (Å²) in [7, 11) is 0. The number of aryl methyl sites for hydroxylation is 1. The van der Waals surface area contributed by atoms with Crippen LogP contribution in [0.4, 0.5) is 0 Å².